The van der Waals surface area contributed by atoms with E-state index in [1.54, 1.807) is 0 Å². The number of aliphatic hydroxyl groups is 1. The van der Waals surface area contributed by atoms with E-state index in [1.165, 1.54) is 0 Å². The summed E-state index contributed by atoms with van der Waals surface area (Å²) in [6.45, 7) is 5.53. The van der Waals surface area contributed by atoms with Crippen molar-refractivity contribution in [3.63, 3.8) is 0 Å². The number of esters is 1. The Morgan fingerprint density at radius 2 is 2.22 bits per heavy atom. The van der Waals surface area contributed by atoms with Crippen molar-refractivity contribution < 1.29 is 19.5 Å². The molecular weight excluding hydrogens is 338 g/mol. The van der Waals surface area contributed by atoms with Crippen LogP contribution in [-0.4, -0.2) is 40.5 Å². The Bertz CT molecular complexity index is 538. The molecule has 128 valence electrons. The lowest BCUT2D eigenvalue weighted by Gasteiger charge is -2.39. The van der Waals surface area contributed by atoms with Crippen molar-refractivity contribution >= 4 is 35.0 Å². The number of rotatable bonds is 6. The van der Waals surface area contributed by atoms with E-state index in [2.05, 4.69) is 11.7 Å². The SMILES string of the molecule is C=C(Cl)CON=C(CCC)C1=C(O)CC2(CCSCC2)OC1=O. The van der Waals surface area contributed by atoms with Crippen molar-refractivity contribution in [2.24, 2.45) is 5.16 Å². The zero-order chi connectivity index (χ0) is 16.9. The first kappa shape index (κ1) is 18.2. The van der Waals surface area contributed by atoms with Gasteiger partial charge in [0, 0.05) is 6.42 Å². The molecule has 7 heteroatoms. The van der Waals surface area contributed by atoms with Gasteiger partial charge in [-0.3, -0.25) is 0 Å². The average Bonchev–Trinajstić information content (AvgIpc) is 2.46. The number of thioether (sulfide) groups is 1. The summed E-state index contributed by atoms with van der Waals surface area (Å²) in [5.41, 5.74) is -0.0257. The minimum absolute atomic E-state index is 0.0497. The molecule has 0 atom stereocenters. The van der Waals surface area contributed by atoms with Crippen LogP contribution >= 0.6 is 23.4 Å². The number of nitrogens with zero attached hydrogens (tertiary/aromatic N) is 1. The van der Waals surface area contributed by atoms with Gasteiger partial charge >= 0.3 is 5.97 Å². The second-order valence-electron chi connectivity index (χ2n) is 5.76. The molecule has 0 aromatic rings. The largest absolute Gasteiger partial charge is 0.511 e. The number of carbonyl (C=O) groups is 1. The summed E-state index contributed by atoms with van der Waals surface area (Å²) < 4.78 is 5.70. The molecule has 0 aliphatic carbocycles. The fourth-order valence-electron chi connectivity index (χ4n) is 2.74. The summed E-state index contributed by atoms with van der Waals surface area (Å²) in [4.78, 5) is 17.6. The minimum atomic E-state index is -0.557. The normalized spacial score (nSPS) is 21.3. The van der Waals surface area contributed by atoms with Crippen LogP contribution in [0.4, 0.5) is 0 Å². The van der Waals surface area contributed by atoms with Crippen molar-refractivity contribution in [3.8, 4) is 0 Å². The lowest BCUT2D eigenvalue weighted by molar-refractivity contribution is -0.158. The highest BCUT2D eigenvalue weighted by atomic mass is 35.5. The second-order valence-corrected chi connectivity index (χ2v) is 7.52. The molecular formula is C16H22ClNO4S. The molecule has 0 aromatic heterocycles. The molecule has 23 heavy (non-hydrogen) atoms. The second kappa shape index (κ2) is 8.11. The van der Waals surface area contributed by atoms with Crippen molar-refractivity contribution in [2.75, 3.05) is 18.1 Å². The molecule has 0 saturated carbocycles. The lowest BCUT2D eigenvalue weighted by atomic mass is 9.86. The maximum atomic E-state index is 12.5. The summed E-state index contributed by atoms with van der Waals surface area (Å²) in [6, 6.07) is 0. The van der Waals surface area contributed by atoms with E-state index in [0.29, 0.717) is 23.6 Å². The van der Waals surface area contributed by atoms with Gasteiger partial charge in [-0.15, -0.1) is 0 Å². The fourth-order valence-corrected chi connectivity index (χ4v) is 4.02. The molecule has 2 aliphatic rings. The van der Waals surface area contributed by atoms with Crippen LogP contribution in [0.1, 0.15) is 39.0 Å². The van der Waals surface area contributed by atoms with E-state index < -0.39 is 11.6 Å². The van der Waals surface area contributed by atoms with Crippen LogP contribution < -0.4 is 0 Å². The molecule has 1 N–H and O–H groups in total. The first-order valence-corrected chi connectivity index (χ1v) is 9.26. The zero-order valence-electron chi connectivity index (χ0n) is 13.3. The number of hydrogen-bond donors (Lipinski definition) is 1. The molecule has 2 rings (SSSR count). The zero-order valence-corrected chi connectivity index (χ0v) is 14.8. The number of hydrogen-bond acceptors (Lipinski definition) is 6. The fraction of sp³-hybridized carbons (Fsp3) is 0.625. The molecule has 2 heterocycles. The van der Waals surface area contributed by atoms with Crippen LogP contribution in [0, 0.1) is 0 Å². The van der Waals surface area contributed by atoms with E-state index in [-0.39, 0.29) is 17.9 Å². The average molecular weight is 360 g/mol. The third-order valence-corrected chi connectivity index (χ3v) is 4.96. The quantitative estimate of drug-likeness (QED) is 0.442. The minimum Gasteiger partial charge on any atom is -0.511 e. The number of carbonyl (C=O) groups excluding carboxylic acids is 1. The smallest absolute Gasteiger partial charge is 0.344 e. The van der Waals surface area contributed by atoms with Crippen LogP contribution in [0.2, 0.25) is 0 Å². The number of ether oxygens (including phenoxy) is 1. The van der Waals surface area contributed by atoms with Crippen LogP contribution in [-0.2, 0) is 14.4 Å². The van der Waals surface area contributed by atoms with Crippen LogP contribution in [0.5, 0.6) is 0 Å². The summed E-state index contributed by atoms with van der Waals surface area (Å²) in [6.07, 6.45) is 3.15. The molecule has 1 spiro atoms. The molecule has 1 fully saturated rings. The number of halogens is 1. The molecule has 0 bridgehead atoms. The van der Waals surface area contributed by atoms with Gasteiger partial charge in [0.25, 0.3) is 0 Å². The Morgan fingerprint density at radius 1 is 1.52 bits per heavy atom. The summed E-state index contributed by atoms with van der Waals surface area (Å²) in [5.74, 6) is 1.41. The van der Waals surface area contributed by atoms with Crippen molar-refractivity contribution in [2.45, 2.75) is 44.6 Å². The van der Waals surface area contributed by atoms with Crippen molar-refractivity contribution in [1.82, 2.24) is 0 Å². The first-order chi connectivity index (χ1) is 11.0. The predicted molar refractivity (Wildman–Crippen MR) is 92.9 cm³/mol. The van der Waals surface area contributed by atoms with Crippen molar-refractivity contribution in [1.29, 1.82) is 0 Å². The van der Waals surface area contributed by atoms with Gasteiger partial charge in [-0.1, -0.05) is 36.7 Å². The third kappa shape index (κ3) is 4.67. The highest BCUT2D eigenvalue weighted by Crippen LogP contribution is 2.39. The monoisotopic (exact) mass is 359 g/mol. The van der Waals surface area contributed by atoms with Gasteiger partial charge in [-0.2, -0.15) is 11.8 Å². The molecule has 1 saturated heterocycles. The first-order valence-electron chi connectivity index (χ1n) is 7.73. The van der Waals surface area contributed by atoms with Gasteiger partial charge in [0.15, 0.2) is 6.61 Å². The van der Waals surface area contributed by atoms with Crippen LogP contribution in [0.3, 0.4) is 0 Å². The van der Waals surface area contributed by atoms with Crippen LogP contribution in [0.15, 0.2) is 28.1 Å². The van der Waals surface area contributed by atoms with Crippen LogP contribution in [0.25, 0.3) is 0 Å². The van der Waals surface area contributed by atoms with Gasteiger partial charge in [0.1, 0.15) is 16.9 Å². The standard InChI is InChI=1S/C16H22ClNO4S/c1-3-4-12(18-21-10-11(2)17)14-13(19)9-16(22-15(14)20)5-7-23-8-6-16/h19H,2-10H2,1H3. The highest BCUT2D eigenvalue weighted by Gasteiger charge is 2.44. The number of oxime groups is 1. The Labute approximate surface area is 145 Å². The van der Waals surface area contributed by atoms with Gasteiger partial charge < -0.3 is 14.7 Å². The summed E-state index contributed by atoms with van der Waals surface area (Å²) in [7, 11) is 0. The van der Waals surface area contributed by atoms with Gasteiger partial charge in [-0.05, 0) is 30.8 Å². The summed E-state index contributed by atoms with van der Waals surface area (Å²) >= 11 is 7.48. The van der Waals surface area contributed by atoms with Gasteiger partial charge in [-0.25, -0.2) is 4.79 Å². The maximum absolute atomic E-state index is 12.5. The molecule has 2 aliphatic heterocycles. The Kier molecular flexibility index (Phi) is 6.41. The van der Waals surface area contributed by atoms with Crippen molar-refractivity contribution in [3.05, 3.63) is 22.9 Å². The van der Waals surface area contributed by atoms with Gasteiger partial charge in [0.2, 0.25) is 0 Å². The molecule has 5 nitrogen and oxygen atoms in total. The third-order valence-electron chi connectivity index (χ3n) is 3.87. The Hall–Kier alpha value is -1.14. The maximum Gasteiger partial charge on any atom is 0.344 e. The topological polar surface area (TPSA) is 68.1 Å². The van der Waals surface area contributed by atoms with E-state index in [0.717, 1.165) is 30.8 Å². The molecule has 0 amide bonds. The Morgan fingerprint density at radius 3 is 2.78 bits per heavy atom. The molecule has 0 radical (unpaired) electrons. The van der Waals surface area contributed by atoms with E-state index in [9.17, 15) is 9.90 Å². The van der Waals surface area contributed by atoms with Gasteiger partial charge in [0.05, 0.1) is 10.7 Å². The highest BCUT2D eigenvalue weighted by molar-refractivity contribution is 7.99. The van der Waals surface area contributed by atoms with E-state index >= 15 is 0 Å². The van der Waals surface area contributed by atoms with E-state index in [1.807, 2.05) is 18.7 Å². The number of aliphatic hydroxyl groups excluding tert-OH is 1. The molecule has 0 aromatic carbocycles. The Balaban J connectivity index is 2.21. The molecule has 0 unspecified atom stereocenters. The predicted octanol–water partition coefficient (Wildman–Crippen LogP) is 3.94. The lowest BCUT2D eigenvalue weighted by Crippen LogP contribution is -2.44. The summed E-state index contributed by atoms with van der Waals surface area (Å²) in [5, 5.41) is 14.7. The van der Waals surface area contributed by atoms with E-state index in [4.69, 9.17) is 21.2 Å².